The maximum atomic E-state index is 13.7. The first-order valence-corrected chi connectivity index (χ1v) is 23.0. The topological polar surface area (TPSA) is 146 Å². The van der Waals surface area contributed by atoms with Crippen LogP contribution in [0.1, 0.15) is 126 Å². The van der Waals surface area contributed by atoms with Crippen molar-refractivity contribution in [2.75, 3.05) is 13.3 Å². The van der Waals surface area contributed by atoms with Gasteiger partial charge in [-0.1, -0.05) is 133 Å². The van der Waals surface area contributed by atoms with E-state index in [9.17, 15) is 19.2 Å². The number of amides is 3. The number of carbonyl (C=O) groups is 4. The van der Waals surface area contributed by atoms with Crippen LogP contribution in [0.3, 0.4) is 0 Å². The van der Waals surface area contributed by atoms with Crippen LogP contribution in [0, 0.1) is 5.92 Å². The number of hydrogen-bond acceptors (Lipinski definition) is 9. The Morgan fingerprint density at radius 2 is 1.39 bits per heavy atom. The fourth-order valence-corrected chi connectivity index (χ4v) is 8.24. The molecule has 2 N–H and O–H groups in total. The zero-order chi connectivity index (χ0) is 43.7. The average molecular weight is 858 g/mol. The SMILES string of the molecule is CCCCCCCCC(=O)ON(C=O)C(CC)C(CCCCC)C(=O)NCNC(=O)c1ccc(-c2cc(OCC)cc(P(OCc3ccccc3)OCc3ccccc3)c2)o1. The second-order valence-electron chi connectivity index (χ2n) is 14.8. The molecule has 3 aromatic carbocycles. The molecule has 12 nitrogen and oxygen atoms in total. The lowest BCUT2D eigenvalue weighted by atomic mass is 9.90. The Morgan fingerprint density at radius 3 is 2.02 bits per heavy atom. The fraction of sp³-hybridized carbons (Fsp3) is 0.458. The third kappa shape index (κ3) is 16.7. The number of ether oxygens (including phenoxy) is 1. The minimum Gasteiger partial charge on any atom is -0.494 e. The Kier molecular flexibility index (Phi) is 22.1. The molecule has 2 atom stereocenters. The van der Waals surface area contributed by atoms with Crippen molar-refractivity contribution in [2.45, 2.75) is 124 Å². The molecule has 330 valence electrons. The van der Waals surface area contributed by atoms with Crippen molar-refractivity contribution >= 4 is 37.9 Å². The van der Waals surface area contributed by atoms with Crippen molar-refractivity contribution in [3.8, 4) is 17.1 Å². The highest BCUT2D eigenvalue weighted by molar-refractivity contribution is 7.56. The summed E-state index contributed by atoms with van der Waals surface area (Å²) in [5.74, 6) is -0.970. The summed E-state index contributed by atoms with van der Waals surface area (Å²) in [4.78, 5) is 57.4. The molecule has 0 bridgehead atoms. The van der Waals surface area contributed by atoms with Crippen molar-refractivity contribution in [3.05, 3.63) is 108 Å². The fourth-order valence-electron chi connectivity index (χ4n) is 6.86. The number of furan rings is 1. The van der Waals surface area contributed by atoms with Crippen molar-refractivity contribution in [1.29, 1.82) is 0 Å². The van der Waals surface area contributed by atoms with Gasteiger partial charge in [0, 0.05) is 17.3 Å². The molecular formula is C48H64N3O9P. The highest BCUT2D eigenvalue weighted by Crippen LogP contribution is 2.42. The molecule has 0 radical (unpaired) electrons. The number of hydrogen-bond donors (Lipinski definition) is 2. The molecule has 0 aliphatic heterocycles. The predicted molar refractivity (Wildman–Crippen MR) is 239 cm³/mol. The zero-order valence-electron chi connectivity index (χ0n) is 36.3. The van der Waals surface area contributed by atoms with E-state index in [1.807, 2.05) is 92.7 Å². The molecule has 4 aromatic rings. The van der Waals surface area contributed by atoms with E-state index in [1.165, 1.54) is 6.42 Å². The average Bonchev–Trinajstić information content (AvgIpc) is 3.78. The second kappa shape index (κ2) is 27.7. The van der Waals surface area contributed by atoms with Crippen LogP contribution in [-0.2, 0) is 41.5 Å². The van der Waals surface area contributed by atoms with E-state index in [1.54, 1.807) is 12.1 Å². The molecule has 0 spiro atoms. The molecule has 0 saturated carbocycles. The van der Waals surface area contributed by atoms with Crippen LogP contribution >= 0.6 is 8.38 Å². The monoisotopic (exact) mass is 857 g/mol. The van der Waals surface area contributed by atoms with Gasteiger partial charge in [0.05, 0.1) is 38.4 Å². The summed E-state index contributed by atoms with van der Waals surface area (Å²) in [7, 11) is -1.58. The lowest BCUT2D eigenvalue weighted by Crippen LogP contribution is -2.49. The van der Waals surface area contributed by atoms with Gasteiger partial charge in [0.25, 0.3) is 5.91 Å². The Hall–Kier alpha value is -5.03. The lowest BCUT2D eigenvalue weighted by molar-refractivity contribution is -0.204. The van der Waals surface area contributed by atoms with Crippen LogP contribution in [0.5, 0.6) is 5.75 Å². The largest absolute Gasteiger partial charge is 0.494 e. The molecule has 13 heteroatoms. The molecular weight excluding hydrogens is 794 g/mol. The van der Waals surface area contributed by atoms with Crippen molar-refractivity contribution in [3.63, 3.8) is 0 Å². The highest BCUT2D eigenvalue weighted by Gasteiger charge is 2.33. The van der Waals surface area contributed by atoms with E-state index in [0.29, 0.717) is 62.6 Å². The molecule has 0 aliphatic carbocycles. The molecule has 0 fully saturated rings. The predicted octanol–water partition coefficient (Wildman–Crippen LogP) is 10.2. The number of benzene rings is 3. The number of unbranched alkanes of at least 4 members (excludes halogenated alkanes) is 7. The van der Waals surface area contributed by atoms with E-state index < -0.39 is 32.2 Å². The van der Waals surface area contributed by atoms with Crippen LogP contribution in [0.25, 0.3) is 11.3 Å². The van der Waals surface area contributed by atoms with Crippen LogP contribution in [0.2, 0.25) is 0 Å². The minimum absolute atomic E-state index is 0.0471. The summed E-state index contributed by atoms with van der Waals surface area (Å²) < 4.78 is 24.8. The Morgan fingerprint density at radius 1 is 0.754 bits per heavy atom. The Labute approximate surface area is 362 Å². The number of hydroxylamine groups is 2. The van der Waals surface area contributed by atoms with Crippen molar-refractivity contribution < 1.29 is 42.2 Å². The summed E-state index contributed by atoms with van der Waals surface area (Å²) in [6, 6.07) is 28.1. The molecule has 1 aromatic heterocycles. The van der Waals surface area contributed by atoms with E-state index in [-0.39, 0.29) is 24.8 Å². The summed E-state index contributed by atoms with van der Waals surface area (Å²) >= 11 is 0. The maximum absolute atomic E-state index is 13.7. The van der Waals surface area contributed by atoms with Gasteiger partial charge in [-0.25, -0.2) is 4.79 Å². The first-order chi connectivity index (χ1) is 29.8. The molecule has 0 aliphatic rings. The van der Waals surface area contributed by atoms with Crippen molar-refractivity contribution in [2.24, 2.45) is 5.92 Å². The Bertz CT molecular complexity index is 1850. The molecule has 2 unspecified atom stereocenters. The van der Waals surface area contributed by atoms with E-state index in [0.717, 1.165) is 66.4 Å². The second-order valence-corrected chi connectivity index (χ2v) is 16.4. The van der Waals surface area contributed by atoms with Gasteiger partial charge >= 0.3 is 5.97 Å². The van der Waals surface area contributed by atoms with Gasteiger partial charge in [-0.3, -0.25) is 14.4 Å². The van der Waals surface area contributed by atoms with Crippen LogP contribution in [0.4, 0.5) is 0 Å². The summed E-state index contributed by atoms with van der Waals surface area (Å²) in [5, 5.41) is 7.30. The summed E-state index contributed by atoms with van der Waals surface area (Å²) in [6.45, 7) is 8.92. The molecule has 1 heterocycles. The number of nitrogens with zero attached hydrogens (tertiary/aromatic N) is 1. The molecule has 4 rings (SSSR count). The zero-order valence-corrected chi connectivity index (χ0v) is 37.2. The smallest absolute Gasteiger partial charge is 0.332 e. The number of nitrogens with one attached hydrogen (secondary N) is 2. The van der Waals surface area contributed by atoms with Crippen LogP contribution in [0.15, 0.2) is 95.4 Å². The van der Waals surface area contributed by atoms with Gasteiger partial charge in [-0.2, -0.15) is 5.06 Å². The minimum atomic E-state index is -1.58. The standard InChI is InChI=1S/C48H64N3O9P/c1-5-9-11-12-13-21-27-46(53)60-51(36-52)43(7-3)42(26-16-10-6-2)47(54)49-35-50-48(55)45-29-28-44(59-45)39-30-40(56-8-4)32-41(31-39)61(57-33-37-22-17-14-18-23-37)58-34-38-24-19-15-20-25-38/h14-15,17-20,22-25,28-32,36,42-43H,5-13,16,21,26-27,33-35H2,1-4H3,(H,49,54)(H,50,55). The molecule has 61 heavy (non-hydrogen) atoms. The number of carbonyl (C=O) groups excluding carboxylic acids is 4. The first kappa shape index (κ1) is 48.6. The van der Waals surface area contributed by atoms with Gasteiger partial charge in [0.1, 0.15) is 11.5 Å². The van der Waals surface area contributed by atoms with E-state index in [4.69, 9.17) is 23.0 Å². The third-order valence-corrected chi connectivity index (χ3v) is 11.5. The van der Waals surface area contributed by atoms with Crippen molar-refractivity contribution in [1.82, 2.24) is 15.7 Å². The van der Waals surface area contributed by atoms with Gasteiger partial charge in [-0.05, 0) is 67.6 Å². The first-order valence-electron chi connectivity index (χ1n) is 21.8. The maximum Gasteiger partial charge on any atom is 0.332 e. The quantitative estimate of drug-likeness (QED) is 0.0172. The van der Waals surface area contributed by atoms with Gasteiger partial charge in [0.15, 0.2) is 5.76 Å². The summed E-state index contributed by atoms with van der Waals surface area (Å²) in [5.41, 5.74) is 2.69. The third-order valence-electron chi connectivity index (χ3n) is 10.1. The van der Waals surface area contributed by atoms with Gasteiger partial charge < -0.3 is 33.7 Å². The lowest BCUT2D eigenvalue weighted by Gasteiger charge is -2.31. The molecule has 0 saturated heterocycles. The normalized spacial score (nSPS) is 12.1. The highest BCUT2D eigenvalue weighted by atomic mass is 31.2. The summed E-state index contributed by atoms with van der Waals surface area (Å²) in [6.07, 6.45) is 10.2. The van der Waals surface area contributed by atoms with Gasteiger partial charge in [0.2, 0.25) is 20.7 Å². The Balaban J connectivity index is 1.42. The molecule has 3 amide bonds. The van der Waals surface area contributed by atoms with Gasteiger partial charge in [-0.15, -0.1) is 0 Å². The van der Waals surface area contributed by atoms with Crippen LogP contribution in [-0.4, -0.2) is 48.6 Å². The van der Waals surface area contributed by atoms with E-state index >= 15 is 0 Å². The number of rotatable bonds is 30. The van der Waals surface area contributed by atoms with E-state index in [2.05, 4.69) is 24.5 Å². The van der Waals surface area contributed by atoms with Crippen LogP contribution < -0.4 is 20.7 Å².